The SMILES string of the molecule is CCn1c2c3c(cc(CN4CCN(c5ccc(C(=O)O)c(F)c5F)CC4)c(F)c3nc1=O)NC=N2. The monoisotopic (exact) mass is 486 g/mol. The van der Waals surface area contributed by atoms with Crippen LogP contribution in [0.1, 0.15) is 22.8 Å². The number of nitrogens with one attached hydrogen (secondary N) is 1. The fraction of sp³-hybridized carbons (Fsp3) is 0.304. The average molecular weight is 486 g/mol. The quantitative estimate of drug-likeness (QED) is 0.572. The molecule has 1 aromatic heterocycles. The third-order valence-electron chi connectivity index (χ3n) is 6.35. The van der Waals surface area contributed by atoms with E-state index in [-0.39, 0.29) is 17.7 Å². The number of aromatic nitrogens is 2. The third-order valence-corrected chi connectivity index (χ3v) is 6.35. The first-order valence-electron chi connectivity index (χ1n) is 11.0. The van der Waals surface area contributed by atoms with Crippen LogP contribution in [0.5, 0.6) is 0 Å². The van der Waals surface area contributed by atoms with Gasteiger partial charge in [-0.3, -0.25) is 9.47 Å². The maximum absolute atomic E-state index is 15.4. The minimum absolute atomic E-state index is 0.0131. The number of aromatic carboxylic acids is 1. The summed E-state index contributed by atoms with van der Waals surface area (Å²) in [6.45, 7) is 3.89. The highest BCUT2D eigenvalue weighted by atomic mass is 19.2. The minimum Gasteiger partial charge on any atom is -0.478 e. The van der Waals surface area contributed by atoms with Crippen molar-refractivity contribution in [3.63, 3.8) is 0 Å². The lowest BCUT2D eigenvalue weighted by Gasteiger charge is -2.36. The van der Waals surface area contributed by atoms with Gasteiger partial charge in [-0.05, 0) is 25.1 Å². The predicted octanol–water partition coefficient (Wildman–Crippen LogP) is 2.94. The molecule has 1 fully saturated rings. The van der Waals surface area contributed by atoms with Crippen LogP contribution in [-0.2, 0) is 13.1 Å². The molecule has 0 atom stereocenters. The highest BCUT2D eigenvalue weighted by Gasteiger charge is 2.26. The minimum atomic E-state index is -1.54. The van der Waals surface area contributed by atoms with Gasteiger partial charge in [0.1, 0.15) is 11.3 Å². The van der Waals surface area contributed by atoms with Gasteiger partial charge in [-0.15, -0.1) is 0 Å². The fourth-order valence-electron chi connectivity index (χ4n) is 4.56. The Morgan fingerprint density at radius 2 is 1.86 bits per heavy atom. The van der Waals surface area contributed by atoms with Crippen molar-refractivity contribution in [3.05, 3.63) is 57.3 Å². The van der Waals surface area contributed by atoms with Gasteiger partial charge >= 0.3 is 11.7 Å². The zero-order valence-corrected chi connectivity index (χ0v) is 18.7. The van der Waals surface area contributed by atoms with E-state index in [4.69, 9.17) is 5.11 Å². The molecule has 0 radical (unpaired) electrons. The van der Waals surface area contributed by atoms with E-state index in [2.05, 4.69) is 15.3 Å². The second-order valence-electron chi connectivity index (χ2n) is 8.31. The lowest BCUT2D eigenvalue weighted by atomic mass is 10.1. The number of benzene rings is 2. The van der Waals surface area contributed by atoms with Crippen LogP contribution >= 0.6 is 0 Å². The Morgan fingerprint density at radius 1 is 1.11 bits per heavy atom. The van der Waals surface area contributed by atoms with Crippen molar-refractivity contribution in [3.8, 4) is 0 Å². The Balaban J connectivity index is 1.38. The van der Waals surface area contributed by atoms with Crippen molar-refractivity contribution in [2.24, 2.45) is 4.99 Å². The number of halogens is 3. The summed E-state index contributed by atoms with van der Waals surface area (Å²) in [5, 5.41) is 12.4. The number of rotatable bonds is 5. The number of nitrogens with zero attached hydrogens (tertiary/aromatic N) is 5. The lowest BCUT2D eigenvalue weighted by molar-refractivity contribution is 0.0690. The number of aliphatic imine (C=N–C) groups is 1. The van der Waals surface area contributed by atoms with Gasteiger partial charge in [0.25, 0.3) is 0 Å². The number of hydrogen-bond acceptors (Lipinski definition) is 7. The van der Waals surface area contributed by atoms with Gasteiger partial charge in [0.15, 0.2) is 17.5 Å². The summed E-state index contributed by atoms with van der Waals surface area (Å²) >= 11 is 0. The van der Waals surface area contributed by atoms with E-state index < -0.39 is 34.7 Å². The van der Waals surface area contributed by atoms with Crippen molar-refractivity contribution in [2.75, 3.05) is 36.4 Å². The summed E-state index contributed by atoms with van der Waals surface area (Å²) < 4.78 is 45.4. The standard InChI is InChI=1S/C23H21F3N6O3/c1-2-32-21-16-14(27-11-28-21)9-12(17(24)20(16)29-23(32)35)10-30-5-7-31(8-6-30)15-4-3-13(22(33)34)18(25)19(15)26/h3-4,9,11H,2,5-8,10H2,1H3,(H,27,28)(H,33,34). The fourth-order valence-corrected chi connectivity index (χ4v) is 4.56. The number of piperazine rings is 1. The second kappa shape index (κ2) is 8.69. The van der Waals surface area contributed by atoms with Crippen LogP contribution in [0.15, 0.2) is 28.0 Å². The van der Waals surface area contributed by atoms with Crippen LogP contribution in [0.25, 0.3) is 10.9 Å². The summed E-state index contributed by atoms with van der Waals surface area (Å²) in [7, 11) is 0. The molecule has 3 heterocycles. The molecule has 0 bridgehead atoms. The molecular formula is C23H21F3N6O3. The molecule has 2 aliphatic heterocycles. The first-order chi connectivity index (χ1) is 16.8. The van der Waals surface area contributed by atoms with Crippen molar-refractivity contribution >= 4 is 40.4 Å². The molecule has 2 aliphatic rings. The van der Waals surface area contributed by atoms with Crippen LogP contribution in [0.2, 0.25) is 0 Å². The highest BCUT2D eigenvalue weighted by Crippen LogP contribution is 2.36. The van der Waals surface area contributed by atoms with Gasteiger partial charge < -0.3 is 15.3 Å². The van der Waals surface area contributed by atoms with Gasteiger partial charge in [0.05, 0.1) is 28.7 Å². The van der Waals surface area contributed by atoms with Crippen molar-refractivity contribution in [1.29, 1.82) is 0 Å². The molecular weight excluding hydrogens is 465 g/mol. The topological polar surface area (TPSA) is 103 Å². The smallest absolute Gasteiger partial charge is 0.349 e. The highest BCUT2D eigenvalue weighted by molar-refractivity contribution is 6.06. The summed E-state index contributed by atoms with van der Waals surface area (Å²) in [5.74, 6) is -4.37. The summed E-state index contributed by atoms with van der Waals surface area (Å²) in [5.41, 5.74) is -0.401. The van der Waals surface area contributed by atoms with E-state index >= 15 is 4.39 Å². The Bertz CT molecular complexity index is 1450. The Kier molecular flexibility index (Phi) is 5.67. The second-order valence-corrected chi connectivity index (χ2v) is 8.31. The molecule has 0 aliphatic carbocycles. The van der Waals surface area contributed by atoms with Crippen molar-refractivity contribution in [1.82, 2.24) is 14.5 Å². The van der Waals surface area contributed by atoms with Gasteiger partial charge in [0.2, 0.25) is 0 Å². The molecule has 0 saturated carbocycles. The maximum atomic E-state index is 15.4. The number of hydrogen-bond donors (Lipinski definition) is 2. The van der Waals surface area contributed by atoms with Gasteiger partial charge in [-0.2, -0.15) is 4.98 Å². The predicted molar refractivity (Wildman–Crippen MR) is 124 cm³/mol. The van der Waals surface area contributed by atoms with Crippen molar-refractivity contribution in [2.45, 2.75) is 20.0 Å². The van der Waals surface area contributed by atoms with E-state index in [0.29, 0.717) is 55.2 Å². The number of anilines is 2. The Labute approximate surface area is 197 Å². The van der Waals surface area contributed by atoms with E-state index in [1.165, 1.54) is 17.0 Å². The Hall–Kier alpha value is -3.93. The summed E-state index contributed by atoms with van der Waals surface area (Å²) in [6.07, 6.45) is 1.45. The average Bonchev–Trinajstić information content (AvgIpc) is 2.84. The first-order valence-corrected chi connectivity index (χ1v) is 11.0. The number of carboxylic acid groups (broad SMARTS) is 1. The maximum Gasteiger partial charge on any atom is 0.349 e. The van der Waals surface area contributed by atoms with Gasteiger partial charge in [-0.1, -0.05) is 0 Å². The molecule has 9 nitrogen and oxygen atoms in total. The van der Waals surface area contributed by atoms with E-state index in [9.17, 15) is 18.4 Å². The Morgan fingerprint density at radius 3 is 2.54 bits per heavy atom. The molecule has 0 amide bonds. The first kappa shape index (κ1) is 22.8. The largest absolute Gasteiger partial charge is 0.478 e. The summed E-state index contributed by atoms with van der Waals surface area (Å²) in [6, 6.07) is 3.97. The van der Waals surface area contributed by atoms with Crippen molar-refractivity contribution < 1.29 is 23.1 Å². The molecule has 3 aromatic rings. The molecule has 35 heavy (non-hydrogen) atoms. The van der Waals surface area contributed by atoms with Crippen LogP contribution in [0.4, 0.5) is 30.4 Å². The van der Waals surface area contributed by atoms with E-state index in [0.717, 1.165) is 6.07 Å². The molecule has 2 N–H and O–H groups in total. The number of carbonyl (C=O) groups is 1. The van der Waals surface area contributed by atoms with E-state index in [1.54, 1.807) is 17.9 Å². The molecule has 0 unspecified atom stereocenters. The van der Waals surface area contributed by atoms with Crippen LogP contribution < -0.4 is 15.9 Å². The molecule has 1 saturated heterocycles. The molecule has 0 spiro atoms. The third kappa shape index (κ3) is 3.79. The normalized spacial score (nSPS) is 15.5. The zero-order chi connectivity index (χ0) is 24.9. The van der Waals surface area contributed by atoms with Gasteiger partial charge in [0, 0.05) is 44.8 Å². The molecule has 2 aromatic carbocycles. The molecule has 12 heteroatoms. The summed E-state index contributed by atoms with van der Waals surface area (Å²) in [4.78, 5) is 35.2. The lowest BCUT2D eigenvalue weighted by Crippen LogP contribution is -2.46. The molecule has 182 valence electrons. The zero-order valence-electron chi connectivity index (χ0n) is 18.7. The van der Waals surface area contributed by atoms with Gasteiger partial charge in [-0.25, -0.2) is 27.8 Å². The van der Waals surface area contributed by atoms with Crippen LogP contribution in [-0.4, -0.2) is 58.0 Å². The van der Waals surface area contributed by atoms with E-state index in [1.807, 2.05) is 4.90 Å². The number of carboxylic acids is 1. The van der Waals surface area contributed by atoms with Crippen LogP contribution in [0.3, 0.4) is 0 Å². The molecule has 5 rings (SSSR count). The van der Waals surface area contributed by atoms with Crippen LogP contribution in [0, 0.1) is 17.5 Å².